The molecule has 0 amide bonds. The molecule has 0 spiro atoms. The van der Waals surface area contributed by atoms with Crippen molar-refractivity contribution in [2.24, 2.45) is 11.8 Å². The molecule has 1 nitrogen and oxygen atoms in total. The molecule has 0 aromatic heterocycles. The van der Waals surface area contributed by atoms with Crippen LogP contribution in [0.2, 0.25) is 0 Å². The van der Waals surface area contributed by atoms with E-state index in [9.17, 15) is 0 Å². The lowest BCUT2D eigenvalue weighted by Crippen LogP contribution is -2.32. The molecular formula is C16H31NS. The van der Waals surface area contributed by atoms with E-state index >= 15 is 0 Å². The highest BCUT2D eigenvalue weighted by Crippen LogP contribution is 2.31. The summed E-state index contributed by atoms with van der Waals surface area (Å²) in [7, 11) is 0. The number of nitrogens with one attached hydrogen (secondary N) is 1. The molecule has 1 atom stereocenters. The molecule has 0 aromatic rings. The molecule has 2 aliphatic rings. The van der Waals surface area contributed by atoms with Gasteiger partial charge in [0, 0.05) is 6.04 Å². The lowest BCUT2D eigenvalue weighted by molar-refractivity contribution is 0.330. The highest BCUT2D eigenvalue weighted by atomic mass is 32.2. The zero-order valence-electron chi connectivity index (χ0n) is 12.1. The van der Waals surface area contributed by atoms with E-state index in [1.54, 1.807) is 0 Å². The van der Waals surface area contributed by atoms with Crippen molar-refractivity contribution in [1.29, 1.82) is 0 Å². The summed E-state index contributed by atoms with van der Waals surface area (Å²) in [5.41, 5.74) is 0. The Morgan fingerprint density at radius 2 is 1.78 bits per heavy atom. The van der Waals surface area contributed by atoms with E-state index in [1.165, 1.54) is 69.3 Å². The van der Waals surface area contributed by atoms with Gasteiger partial charge >= 0.3 is 0 Å². The van der Waals surface area contributed by atoms with Crippen LogP contribution in [0.1, 0.15) is 64.7 Å². The summed E-state index contributed by atoms with van der Waals surface area (Å²) in [5.74, 6) is 4.89. The van der Waals surface area contributed by atoms with Crippen LogP contribution in [0.3, 0.4) is 0 Å². The maximum Gasteiger partial charge on any atom is 0.00696 e. The van der Waals surface area contributed by atoms with Gasteiger partial charge in [-0.1, -0.05) is 32.6 Å². The second kappa shape index (κ2) is 8.47. The Bertz CT molecular complexity index is 207. The minimum absolute atomic E-state index is 0.809. The molecule has 1 saturated heterocycles. The molecule has 2 rings (SSSR count). The van der Waals surface area contributed by atoms with Crippen LogP contribution in [-0.4, -0.2) is 24.1 Å². The highest BCUT2D eigenvalue weighted by Gasteiger charge is 2.21. The summed E-state index contributed by atoms with van der Waals surface area (Å²) in [6.45, 7) is 3.41. The molecular weight excluding hydrogens is 238 g/mol. The standard InChI is InChI=1S/C16H31NS/c1-2-17-16(8-7-14-5-3-4-6-14)13-15-9-11-18-12-10-15/h14-17H,2-13H2,1H3. The van der Waals surface area contributed by atoms with Crippen LogP contribution in [0.4, 0.5) is 0 Å². The molecule has 1 aliphatic carbocycles. The van der Waals surface area contributed by atoms with Crippen LogP contribution >= 0.6 is 11.8 Å². The van der Waals surface area contributed by atoms with E-state index < -0.39 is 0 Å². The van der Waals surface area contributed by atoms with Gasteiger partial charge in [0.25, 0.3) is 0 Å². The first kappa shape index (κ1) is 14.7. The van der Waals surface area contributed by atoms with Gasteiger partial charge < -0.3 is 5.32 Å². The number of hydrogen-bond acceptors (Lipinski definition) is 2. The van der Waals surface area contributed by atoms with Crippen molar-refractivity contribution in [3.63, 3.8) is 0 Å². The Balaban J connectivity index is 1.68. The van der Waals surface area contributed by atoms with Gasteiger partial charge in [-0.05, 0) is 62.0 Å². The van der Waals surface area contributed by atoms with E-state index in [1.807, 2.05) is 0 Å². The Hall–Kier alpha value is 0.310. The molecule has 1 heterocycles. The smallest absolute Gasteiger partial charge is 0.00696 e. The van der Waals surface area contributed by atoms with Crippen LogP contribution < -0.4 is 5.32 Å². The zero-order valence-corrected chi connectivity index (χ0v) is 12.9. The quantitative estimate of drug-likeness (QED) is 0.732. The minimum atomic E-state index is 0.809. The second-order valence-corrected chi connectivity index (χ2v) is 7.50. The summed E-state index contributed by atoms with van der Waals surface area (Å²) >= 11 is 2.15. The fourth-order valence-corrected chi connectivity index (χ4v) is 4.92. The van der Waals surface area contributed by atoms with E-state index in [-0.39, 0.29) is 0 Å². The molecule has 0 aromatic carbocycles. The fourth-order valence-electron chi connectivity index (χ4n) is 3.71. The first-order valence-electron chi connectivity index (χ1n) is 8.19. The summed E-state index contributed by atoms with van der Waals surface area (Å²) in [6.07, 6.45) is 13.3. The SMILES string of the molecule is CCNC(CCC1CCCC1)CC1CCSCC1. The number of hydrogen-bond donors (Lipinski definition) is 1. The van der Waals surface area contributed by atoms with Crippen molar-refractivity contribution >= 4 is 11.8 Å². The summed E-state index contributed by atoms with van der Waals surface area (Å²) in [6, 6.07) is 0.809. The van der Waals surface area contributed by atoms with E-state index in [2.05, 4.69) is 24.0 Å². The monoisotopic (exact) mass is 269 g/mol. The predicted molar refractivity (Wildman–Crippen MR) is 83.3 cm³/mol. The van der Waals surface area contributed by atoms with Crippen LogP contribution in [0.15, 0.2) is 0 Å². The summed E-state index contributed by atoms with van der Waals surface area (Å²) < 4.78 is 0. The van der Waals surface area contributed by atoms with Crippen LogP contribution in [-0.2, 0) is 0 Å². The lowest BCUT2D eigenvalue weighted by atomic mass is 9.90. The number of thioether (sulfide) groups is 1. The zero-order chi connectivity index (χ0) is 12.6. The topological polar surface area (TPSA) is 12.0 Å². The Morgan fingerprint density at radius 3 is 2.44 bits per heavy atom. The minimum Gasteiger partial charge on any atom is -0.314 e. The molecule has 0 bridgehead atoms. The largest absolute Gasteiger partial charge is 0.314 e. The second-order valence-electron chi connectivity index (χ2n) is 6.27. The fraction of sp³-hybridized carbons (Fsp3) is 1.00. The lowest BCUT2D eigenvalue weighted by Gasteiger charge is -2.27. The summed E-state index contributed by atoms with van der Waals surface area (Å²) in [5, 5.41) is 3.75. The van der Waals surface area contributed by atoms with Gasteiger partial charge in [-0.15, -0.1) is 0 Å². The molecule has 1 saturated carbocycles. The average Bonchev–Trinajstić information content (AvgIpc) is 2.91. The van der Waals surface area contributed by atoms with Gasteiger partial charge in [-0.2, -0.15) is 11.8 Å². The van der Waals surface area contributed by atoms with Crippen molar-refractivity contribution in [3.05, 3.63) is 0 Å². The molecule has 1 aliphatic heterocycles. The van der Waals surface area contributed by atoms with Gasteiger partial charge in [0.15, 0.2) is 0 Å². The molecule has 18 heavy (non-hydrogen) atoms. The van der Waals surface area contributed by atoms with Gasteiger partial charge in [0.1, 0.15) is 0 Å². The Labute approximate surface area is 118 Å². The molecule has 1 unspecified atom stereocenters. The van der Waals surface area contributed by atoms with Crippen LogP contribution in [0.25, 0.3) is 0 Å². The molecule has 2 heteroatoms. The highest BCUT2D eigenvalue weighted by molar-refractivity contribution is 7.99. The average molecular weight is 269 g/mol. The molecule has 0 radical (unpaired) electrons. The first-order chi connectivity index (χ1) is 8.88. The maximum absolute atomic E-state index is 3.75. The van der Waals surface area contributed by atoms with Gasteiger partial charge in [-0.25, -0.2) is 0 Å². The first-order valence-corrected chi connectivity index (χ1v) is 9.35. The Morgan fingerprint density at radius 1 is 1.06 bits per heavy atom. The van der Waals surface area contributed by atoms with Gasteiger partial charge in [0.2, 0.25) is 0 Å². The third kappa shape index (κ3) is 5.13. The van der Waals surface area contributed by atoms with E-state index in [4.69, 9.17) is 0 Å². The van der Waals surface area contributed by atoms with Crippen LogP contribution in [0, 0.1) is 11.8 Å². The van der Waals surface area contributed by atoms with Crippen molar-refractivity contribution in [2.45, 2.75) is 70.8 Å². The third-order valence-corrected chi connectivity index (χ3v) is 5.90. The third-order valence-electron chi connectivity index (χ3n) is 4.85. The van der Waals surface area contributed by atoms with E-state index in [0.717, 1.165) is 24.4 Å². The molecule has 1 N–H and O–H groups in total. The van der Waals surface area contributed by atoms with Crippen LogP contribution in [0.5, 0.6) is 0 Å². The maximum atomic E-state index is 3.75. The molecule has 2 fully saturated rings. The van der Waals surface area contributed by atoms with Crippen molar-refractivity contribution in [2.75, 3.05) is 18.1 Å². The van der Waals surface area contributed by atoms with Gasteiger partial charge in [-0.3, -0.25) is 0 Å². The summed E-state index contributed by atoms with van der Waals surface area (Å²) in [4.78, 5) is 0. The number of rotatable bonds is 7. The molecule has 106 valence electrons. The van der Waals surface area contributed by atoms with Crippen molar-refractivity contribution in [3.8, 4) is 0 Å². The normalized spacial score (nSPS) is 24.5. The van der Waals surface area contributed by atoms with Crippen molar-refractivity contribution in [1.82, 2.24) is 5.32 Å². The van der Waals surface area contributed by atoms with Gasteiger partial charge in [0.05, 0.1) is 0 Å². The predicted octanol–water partition coefficient (Wildman–Crippen LogP) is 4.47. The Kier molecular flexibility index (Phi) is 6.93. The van der Waals surface area contributed by atoms with E-state index in [0.29, 0.717) is 0 Å². The van der Waals surface area contributed by atoms with Crippen molar-refractivity contribution < 1.29 is 0 Å².